The maximum absolute atomic E-state index is 13.4. The molecule has 1 aliphatic heterocycles. The highest BCUT2D eigenvalue weighted by Crippen LogP contribution is 2.15. The summed E-state index contributed by atoms with van der Waals surface area (Å²) in [6.07, 6.45) is 3.58. The van der Waals surface area contributed by atoms with E-state index in [1.54, 1.807) is 24.5 Å². The van der Waals surface area contributed by atoms with Crippen molar-refractivity contribution in [3.05, 3.63) is 48.5 Å². The second-order valence-corrected chi connectivity index (χ2v) is 8.76. The zero-order chi connectivity index (χ0) is 21.4. The van der Waals surface area contributed by atoms with Crippen LogP contribution in [0.5, 0.6) is 5.75 Å². The molecule has 0 spiro atoms. The van der Waals surface area contributed by atoms with Crippen LogP contribution in [-0.2, 0) is 14.8 Å². The van der Waals surface area contributed by atoms with Gasteiger partial charge in [0, 0.05) is 45.1 Å². The number of nitrogens with one attached hydrogen (secondary N) is 1. The highest BCUT2D eigenvalue weighted by atomic mass is 32.2. The van der Waals surface area contributed by atoms with Crippen molar-refractivity contribution in [2.75, 3.05) is 50.0 Å². The highest BCUT2D eigenvalue weighted by Gasteiger charge is 2.27. The lowest BCUT2D eigenvalue weighted by Crippen LogP contribution is -2.50. The van der Waals surface area contributed by atoms with Crippen molar-refractivity contribution in [1.29, 1.82) is 0 Å². The third-order valence-electron chi connectivity index (χ3n) is 4.56. The fourth-order valence-corrected chi connectivity index (χ4v) is 4.48. The van der Waals surface area contributed by atoms with Crippen LogP contribution in [0.2, 0.25) is 0 Å². The van der Waals surface area contributed by atoms with Gasteiger partial charge in [0.05, 0.1) is 5.75 Å². The summed E-state index contributed by atoms with van der Waals surface area (Å²) in [7, 11) is -3.41. The topological polar surface area (TPSA) is 105 Å². The Morgan fingerprint density at radius 2 is 1.80 bits per heavy atom. The van der Waals surface area contributed by atoms with Crippen molar-refractivity contribution in [3.8, 4) is 5.75 Å². The summed E-state index contributed by atoms with van der Waals surface area (Å²) >= 11 is 0. The Bertz CT molecular complexity index is 937. The monoisotopic (exact) mass is 437 g/mol. The smallest absolute Gasteiger partial charge is 0.257 e. The van der Waals surface area contributed by atoms with Gasteiger partial charge in [0.15, 0.2) is 18.2 Å². The molecule has 1 amide bonds. The van der Waals surface area contributed by atoms with E-state index in [2.05, 4.69) is 15.3 Å². The van der Waals surface area contributed by atoms with Crippen molar-refractivity contribution in [2.45, 2.75) is 6.42 Å². The number of piperazine rings is 1. The summed E-state index contributed by atoms with van der Waals surface area (Å²) in [5, 5.41) is 2.58. The second-order valence-electron chi connectivity index (χ2n) is 6.67. The number of halogens is 1. The predicted octanol–water partition coefficient (Wildman–Crippen LogP) is 0.653. The Kier molecular flexibility index (Phi) is 7.52. The maximum Gasteiger partial charge on any atom is 0.257 e. The lowest BCUT2D eigenvalue weighted by Gasteiger charge is -2.33. The standard InChI is InChI=1S/C19H24FN5O4S/c20-16-5-1-2-6-17(16)29-15-18(26)21-9-4-14-30(27,28)25-12-10-24(11-13-25)19-22-7-3-8-23-19/h1-3,5-8H,4,9-15H2,(H,21,26). The largest absolute Gasteiger partial charge is 0.481 e. The first-order chi connectivity index (χ1) is 14.5. The van der Waals surface area contributed by atoms with Crippen LogP contribution in [0.25, 0.3) is 0 Å². The minimum Gasteiger partial charge on any atom is -0.481 e. The van der Waals surface area contributed by atoms with Gasteiger partial charge in [-0.1, -0.05) is 12.1 Å². The first-order valence-electron chi connectivity index (χ1n) is 9.59. The Hall–Kier alpha value is -2.79. The zero-order valence-electron chi connectivity index (χ0n) is 16.4. The normalized spacial score (nSPS) is 15.0. The molecular formula is C19H24FN5O4S. The molecule has 2 aromatic rings. The Labute approximate surface area is 174 Å². The molecule has 1 N–H and O–H groups in total. The number of carbonyl (C=O) groups excluding carboxylic acids is 1. The van der Waals surface area contributed by atoms with Crippen molar-refractivity contribution in [1.82, 2.24) is 19.6 Å². The van der Waals surface area contributed by atoms with Crippen LogP contribution >= 0.6 is 0 Å². The number of hydrogen-bond acceptors (Lipinski definition) is 7. The van der Waals surface area contributed by atoms with E-state index in [-0.39, 0.29) is 31.1 Å². The van der Waals surface area contributed by atoms with Gasteiger partial charge in [0.1, 0.15) is 0 Å². The molecule has 2 heterocycles. The molecule has 1 aromatic heterocycles. The van der Waals surface area contributed by atoms with Gasteiger partial charge in [-0.15, -0.1) is 0 Å². The molecule has 1 saturated heterocycles. The van der Waals surface area contributed by atoms with Gasteiger partial charge in [-0.05, 0) is 24.6 Å². The van der Waals surface area contributed by atoms with Gasteiger partial charge in [0.2, 0.25) is 16.0 Å². The molecule has 0 saturated carbocycles. The molecule has 0 bridgehead atoms. The van der Waals surface area contributed by atoms with E-state index in [1.807, 2.05) is 4.90 Å². The highest BCUT2D eigenvalue weighted by molar-refractivity contribution is 7.89. The number of nitrogens with zero attached hydrogens (tertiary/aromatic N) is 4. The number of carbonyl (C=O) groups is 1. The number of para-hydroxylation sites is 1. The van der Waals surface area contributed by atoms with Crippen LogP contribution in [0.15, 0.2) is 42.7 Å². The Morgan fingerprint density at radius 3 is 2.50 bits per heavy atom. The van der Waals surface area contributed by atoms with Crippen molar-refractivity contribution >= 4 is 21.9 Å². The van der Waals surface area contributed by atoms with Crippen molar-refractivity contribution in [2.24, 2.45) is 0 Å². The molecule has 9 nitrogen and oxygen atoms in total. The molecule has 0 aliphatic carbocycles. The predicted molar refractivity (Wildman–Crippen MR) is 109 cm³/mol. The van der Waals surface area contributed by atoms with Crippen molar-refractivity contribution < 1.29 is 22.3 Å². The molecule has 30 heavy (non-hydrogen) atoms. The number of sulfonamides is 1. The van der Waals surface area contributed by atoms with E-state index < -0.39 is 21.7 Å². The van der Waals surface area contributed by atoms with Gasteiger partial charge >= 0.3 is 0 Å². The van der Waals surface area contributed by atoms with Crippen LogP contribution in [0.3, 0.4) is 0 Å². The number of benzene rings is 1. The number of aromatic nitrogens is 2. The summed E-state index contributed by atoms with van der Waals surface area (Å²) in [5.74, 6) is -0.462. The average molecular weight is 437 g/mol. The molecule has 162 valence electrons. The van der Waals surface area contributed by atoms with Gasteiger partial charge < -0.3 is 15.0 Å². The molecule has 0 unspecified atom stereocenters. The number of hydrogen-bond donors (Lipinski definition) is 1. The first-order valence-corrected chi connectivity index (χ1v) is 11.2. The van der Waals surface area contributed by atoms with E-state index >= 15 is 0 Å². The number of anilines is 1. The summed E-state index contributed by atoms with van der Waals surface area (Å²) < 4.78 is 45.0. The van der Waals surface area contributed by atoms with E-state index in [0.717, 1.165) is 0 Å². The molecule has 1 aliphatic rings. The van der Waals surface area contributed by atoms with Gasteiger partial charge in [-0.2, -0.15) is 4.31 Å². The maximum atomic E-state index is 13.4. The van der Waals surface area contributed by atoms with Crippen LogP contribution in [0.1, 0.15) is 6.42 Å². The third kappa shape index (κ3) is 6.10. The van der Waals surface area contributed by atoms with E-state index in [1.165, 1.54) is 22.5 Å². The fraction of sp³-hybridized carbons (Fsp3) is 0.421. The fourth-order valence-electron chi connectivity index (χ4n) is 2.99. The SMILES string of the molecule is O=C(COc1ccccc1F)NCCCS(=O)(=O)N1CCN(c2ncccn2)CC1. The first kappa shape index (κ1) is 21.9. The molecule has 0 radical (unpaired) electrons. The molecule has 1 aromatic carbocycles. The summed E-state index contributed by atoms with van der Waals surface area (Å²) in [6, 6.07) is 7.53. The number of rotatable bonds is 9. The molecule has 3 rings (SSSR count). The van der Waals surface area contributed by atoms with E-state index in [0.29, 0.717) is 32.1 Å². The molecule has 1 fully saturated rings. The Morgan fingerprint density at radius 1 is 1.10 bits per heavy atom. The van der Waals surface area contributed by atoms with Gasteiger partial charge in [-0.25, -0.2) is 22.8 Å². The summed E-state index contributed by atoms with van der Waals surface area (Å²) in [6.45, 7) is 1.63. The van der Waals surface area contributed by atoms with Gasteiger partial charge in [-0.3, -0.25) is 4.79 Å². The van der Waals surface area contributed by atoms with Gasteiger partial charge in [0.25, 0.3) is 5.91 Å². The van der Waals surface area contributed by atoms with E-state index in [4.69, 9.17) is 4.74 Å². The lowest BCUT2D eigenvalue weighted by molar-refractivity contribution is -0.123. The number of ether oxygens (including phenoxy) is 1. The second kappa shape index (κ2) is 10.3. The van der Waals surface area contributed by atoms with Crippen LogP contribution in [0, 0.1) is 5.82 Å². The summed E-state index contributed by atoms with van der Waals surface area (Å²) in [5.41, 5.74) is 0. The van der Waals surface area contributed by atoms with Crippen LogP contribution < -0.4 is 15.0 Å². The Balaban J connectivity index is 1.35. The zero-order valence-corrected chi connectivity index (χ0v) is 17.2. The average Bonchev–Trinajstić information content (AvgIpc) is 2.77. The van der Waals surface area contributed by atoms with E-state index in [9.17, 15) is 17.6 Å². The lowest BCUT2D eigenvalue weighted by atomic mass is 10.3. The third-order valence-corrected chi connectivity index (χ3v) is 6.52. The summed E-state index contributed by atoms with van der Waals surface area (Å²) in [4.78, 5) is 22.1. The molecule has 11 heteroatoms. The van der Waals surface area contributed by atoms with Crippen LogP contribution in [-0.4, -0.2) is 73.7 Å². The minimum absolute atomic E-state index is 0.00438. The van der Waals surface area contributed by atoms with Crippen LogP contribution in [0.4, 0.5) is 10.3 Å². The number of amides is 1. The quantitative estimate of drug-likeness (QED) is 0.575. The molecular weight excluding hydrogens is 413 g/mol. The minimum atomic E-state index is -3.41. The van der Waals surface area contributed by atoms with Crippen molar-refractivity contribution in [3.63, 3.8) is 0 Å². The molecule has 0 atom stereocenters.